The Balaban J connectivity index is 1.58. The first-order valence-corrected chi connectivity index (χ1v) is 9.82. The maximum atomic E-state index is 12.6. The number of carbonyl (C=O) groups is 1. The number of esters is 1. The van der Waals surface area contributed by atoms with Crippen LogP contribution < -0.4 is 4.90 Å². The standard InChI is InChI=1S/C23H25N3O2/c1-2-28-23(27)20-16-24-21-11-7-6-10-19(21)22(20)26-14-12-25(13-15-26)17-18-8-4-3-5-9-18/h3-11,16H,2,12-15,17H2,1H3. The lowest BCUT2D eigenvalue weighted by atomic mass is 10.1. The highest BCUT2D eigenvalue weighted by Crippen LogP contribution is 2.31. The molecule has 1 fully saturated rings. The summed E-state index contributed by atoms with van der Waals surface area (Å²) in [5.74, 6) is -0.303. The molecule has 0 atom stereocenters. The molecular weight excluding hydrogens is 350 g/mol. The molecule has 0 saturated carbocycles. The maximum Gasteiger partial charge on any atom is 0.341 e. The molecule has 0 N–H and O–H groups in total. The van der Waals surface area contributed by atoms with Crippen molar-refractivity contribution in [3.63, 3.8) is 0 Å². The van der Waals surface area contributed by atoms with E-state index in [9.17, 15) is 4.79 Å². The third-order valence-corrected chi connectivity index (χ3v) is 5.18. The van der Waals surface area contributed by atoms with Gasteiger partial charge in [-0.05, 0) is 18.6 Å². The van der Waals surface area contributed by atoms with Gasteiger partial charge in [-0.2, -0.15) is 0 Å². The molecule has 1 aromatic heterocycles. The fourth-order valence-corrected chi connectivity index (χ4v) is 3.80. The van der Waals surface area contributed by atoms with E-state index in [-0.39, 0.29) is 5.97 Å². The van der Waals surface area contributed by atoms with Crippen molar-refractivity contribution in [3.8, 4) is 0 Å². The van der Waals surface area contributed by atoms with E-state index in [0.717, 1.165) is 49.3 Å². The number of anilines is 1. The Morgan fingerprint density at radius 1 is 1.00 bits per heavy atom. The molecule has 2 aromatic carbocycles. The number of hydrogen-bond donors (Lipinski definition) is 0. The van der Waals surface area contributed by atoms with Crippen LogP contribution in [0.15, 0.2) is 60.8 Å². The van der Waals surface area contributed by atoms with Crippen LogP contribution in [-0.4, -0.2) is 48.6 Å². The quantitative estimate of drug-likeness (QED) is 0.636. The maximum absolute atomic E-state index is 12.6. The molecule has 0 unspecified atom stereocenters. The summed E-state index contributed by atoms with van der Waals surface area (Å²) in [6.45, 7) is 6.78. The average molecular weight is 375 g/mol. The van der Waals surface area contributed by atoms with E-state index in [1.807, 2.05) is 37.3 Å². The first kappa shape index (κ1) is 18.4. The van der Waals surface area contributed by atoms with E-state index in [2.05, 4.69) is 39.0 Å². The summed E-state index contributed by atoms with van der Waals surface area (Å²) >= 11 is 0. The second-order valence-corrected chi connectivity index (χ2v) is 7.01. The van der Waals surface area contributed by atoms with E-state index in [1.165, 1.54) is 5.56 Å². The van der Waals surface area contributed by atoms with Gasteiger partial charge < -0.3 is 9.64 Å². The molecular formula is C23H25N3O2. The molecule has 0 bridgehead atoms. The predicted molar refractivity (Wildman–Crippen MR) is 112 cm³/mol. The third kappa shape index (κ3) is 3.85. The van der Waals surface area contributed by atoms with Crippen molar-refractivity contribution < 1.29 is 9.53 Å². The summed E-state index contributed by atoms with van der Waals surface area (Å²) in [4.78, 5) is 21.8. The van der Waals surface area contributed by atoms with Crippen LogP contribution in [0.3, 0.4) is 0 Å². The molecule has 5 nitrogen and oxygen atoms in total. The van der Waals surface area contributed by atoms with Gasteiger partial charge in [0.2, 0.25) is 0 Å². The van der Waals surface area contributed by atoms with E-state index < -0.39 is 0 Å². The lowest BCUT2D eigenvalue weighted by molar-refractivity contribution is 0.0526. The Labute approximate surface area is 165 Å². The minimum Gasteiger partial charge on any atom is -0.462 e. The normalized spacial score (nSPS) is 15.0. The minimum atomic E-state index is -0.303. The highest BCUT2D eigenvalue weighted by molar-refractivity contribution is 6.05. The molecule has 3 aromatic rings. The van der Waals surface area contributed by atoms with Gasteiger partial charge >= 0.3 is 5.97 Å². The van der Waals surface area contributed by atoms with E-state index >= 15 is 0 Å². The molecule has 2 heterocycles. The van der Waals surface area contributed by atoms with Crippen molar-refractivity contribution in [1.29, 1.82) is 0 Å². The molecule has 144 valence electrons. The molecule has 5 heteroatoms. The van der Waals surface area contributed by atoms with E-state index in [0.29, 0.717) is 12.2 Å². The SMILES string of the molecule is CCOC(=O)c1cnc2ccccc2c1N1CCN(Cc2ccccc2)CC1. The Morgan fingerprint density at radius 2 is 1.71 bits per heavy atom. The van der Waals surface area contributed by atoms with Crippen LogP contribution in [0, 0.1) is 0 Å². The zero-order valence-electron chi connectivity index (χ0n) is 16.2. The summed E-state index contributed by atoms with van der Waals surface area (Å²) in [5.41, 5.74) is 3.73. The Hall–Kier alpha value is -2.92. The number of carbonyl (C=O) groups excluding carboxylic acids is 1. The number of aromatic nitrogens is 1. The van der Waals surface area contributed by atoms with Gasteiger partial charge in [-0.15, -0.1) is 0 Å². The van der Waals surface area contributed by atoms with Gasteiger partial charge in [-0.3, -0.25) is 9.88 Å². The second kappa shape index (κ2) is 8.40. The molecule has 28 heavy (non-hydrogen) atoms. The molecule has 0 radical (unpaired) electrons. The number of ether oxygens (including phenoxy) is 1. The van der Waals surface area contributed by atoms with Crippen molar-refractivity contribution >= 4 is 22.6 Å². The van der Waals surface area contributed by atoms with Gasteiger partial charge in [0.15, 0.2) is 0 Å². The predicted octanol–water partition coefficient (Wildman–Crippen LogP) is 3.73. The largest absolute Gasteiger partial charge is 0.462 e. The number of pyridine rings is 1. The summed E-state index contributed by atoms with van der Waals surface area (Å²) < 4.78 is 5.29. The molecule has 0 amide bonds. The van der Waals surface area contributed by atoms with Gasteiger partial charge in [0, 0.05) is 44.3 Å². The molecule has 0 spiro atoms. The van der Waals surface area contributed by atoms with Crippen LogP contribution in [0.25, 0.3) is 10.9 Å². The van der Waals surface area contributed by atoms with Crippen molar-refractivity contribution in [3.05, 3.63) is 71.9 Å². The topological polar surface area (TPSA) is 45.7 Å². The first-order chi connectivity index (χ1) is 13.8. The van der Waals surface area contributed by atoms with Gasteiger partial charge in [-0.1, -0.05) is 48.5 Å². The Morgan fingerprint density at radius 3 is 2.46 bits per heavy atom. The van der Waals surface area contributed by atoms with E-state index in [1.54, 1.807) is 6.20 Å². The fourth-order valence-electron chi connectivity index (χ4n) is 3.80. The highest BCUT2D eigenvalue weighted by atomic mass is 16.5. The average Bonchev–Trinajstić information content (AvgIpc) is 2.74. The van der Waals surface area contributed by atoms with Crippen LogP contribution in [0.4, 0.5) is 5.69 Å². The summed E-state index contributed by atoms with van der Waals surface area (Å²) in [7, 11) is 0. The van der Waals surface area contributed by atoms with Gasteiger partial charge in [0.05, 0.1) is 17.8 Å². The van der Waals surface area contributed by atoms with Crippen molar-refractivity contribution in [2.24, 2.45) is 0 Å². The number of hydrogen-bond acceptors (Lipinski definition) is 5. The van der Waals surface area contributed by atoms with Crippen LogP contribution in [0.1, 0.15) is 22.8 Å². The van der Waals surface area contributed by atoms with Gasteiger partial charge in [0.25, 0.3) is 0 Å². The molecule has 1 aliphatic rings. The Kier molecular flexibility index (Phi) is 5.53. The van der Waals surface area contributed by atoms with Gasteiger partial charge in [-0.25, -0.2) is 4.79 Å². The van der Waals surface area contributed by atoms with Crippen LogP contribution in [0.5, 0.6) is 0 Å². The first-order valence-electron chi connectivity index (χ1n) is 9.82. The fraction of sp³-hybridized carbons (Fsp3) is 0.304. The summed E-state index contributed by atoms with van der Waals surface area (Å²) in [5, 5.41) is 1.00. The monoisotopic (exact) mass is 375 g/mol. The molecule has 0 aliphatic carbocycles. The lowest BCUT2D eigenvalue weighted by Gasteiger charge is -2.37. The zero-order valence-corrected chi connectivity index (χ0v) is 16.2. The number of para-hydroxylation sites is 1. The van der Waals surface area contributed by atoms with Crippen molar-refractivity contribution in [2.75, 3.05) is 37.7 Å². The summed E-state index contributed by atoms with van der Waals surface area (Å²) in [6, 6.07) is 18.5. The van der Waals surface area contributed by atoms with Crippen molar-refractivity contribution in [1.82, 2.24) is 9.88 Å². The van der Waals surface area contributed by atoms with Crippen LogP contribution in [0.2, 0.25) is 0 Å². The lowest BCUT2D eigenvalue weighted by Crippen LogP contribution is -2.46. The number of fused-ring (bicyclic) bond motifs is 1. The van der Waals surface area contributed by atoms with Crippen molar-refractivity contribution in [2.45, 2.75) is 13.5 Å². The number of rotatable bonds is 5. The molecule has 1 aliphatic heterocycles. The molecule has 1 saturated heterocycles. The smallest absolute Gasteiger partial charge is 0.341 e. The molecule has 4 rings (SSSR count). The second-order valence-electron chi connectivity index (χ2n) is 7.01. The highest BCUT2D eigenvalue weighted by Gasteiger charge is 2.24. The van der Waals surface area contributed by atoms with Gasteiger partial charge in [0.1, 0.15) is 5.56 Å². The number of nitrogens with zero attached hydrogens (tertiary/aromatic N) is 3. The third-order valence-electron chi connectivity index (χ3n) is 5.18. The van der Waals surface area contributed by atoms with E-state index in [4.69, 9.17) is 4.74 Å². The zero-order chi connectivity index (χ0) is 19.3. The number of piperazine rings is 1. The Bertz CT molecular complexity index is 950. The van der Waals surface area contributed by atoms with Crippen LogP contribution >= 0.6 is 0 Å². The number of benzene rings is 2. The summed E-state index contributed by atoms with van der Waals surface area (Å²) in [6.07, 6.45) is 1.66. The minimum absolute atomic E-state index is 0.303. The van der Waals surface area contributed by atoms with Crippen LogP contribution in [-0.2, 0) is 11.3 Å².